The van der Waals surface area contributed by atoms with Crippen molar-refractivity contribution in [3.8, 4) is 0 Å². The van der Waals surface area contributed by atoms with Gasteiger partial charge >= 0.3 is 0 Å². The van der Waals surface area contributed by atoms with Gasteiger partial charge in [0.2, 0.25) is 0 Å². The lowest BCUT2D eigenvalue weighted by molar-refractivity contribution is 0.00971. The van der Waals surface area contributed by atoms with Gasteiger partial charge in [-0.2, -0.15) is 5.10 Å². The minimum Gasteiger partial charge on any atom is -0.394 e. The molecule has 1 fully saturated rings. The number of H-pyrrole nitrogens is 1. The van der Waals surface area contributed by atoms with Crippen molar-refractivity contribution in [1.82, 2.24) is 20.2 Å². The molecule has 0 amide bonds. The molecule has 2 aromatic rings. The lowest BCUT2D eigenvalue weighted by Gasteiger charge is -2.09. The van der Waals surface area contributed by atoms with Gasteiger partial charge in [-0.05, 0) is 12.8 Å². The summed E-state index contributed by atoms with van der Waals surface area (Å²) in [5, 5.41) is 16.1. The lowest BCUT2D eigenvalue weighted by Crippen LogP contribution is -2.11. The fourth-order valence-corrected chi connectivity index (χ4v) is 2.06. The number of rotatable bonds is 2. The third-order valence-corrected chi connectivity index (χ3v) is 2.88. The molecule has 0 spiro atoms. The van der Waals surface area contributed by atoms with E-state index in [2.05, 4.69) is 20.2 Å². The maximum Gasteiger partial charge on any atom is 0.129 e. The normalized spacial score (nSPS) is 25.3. The average molecular weight is 220 g/mol. The number of nitrogens with zero attached hydrogens (tertiary/aromatic N) is 3. The molecular formula is C10H12N4O2. The first-order valence-electron chi connectivity index (χ1n) is 5.29. The van der Waals surface area contributed by atoms with Gasteiger partial charge < -0.3 is 9.84 Å². The molecular weight excluding hydrogens is 208 g/mol. The largest absolute Gasteiger partial charge is 0.394 e. The van der Waals surface area contributed by atoms with E-state index in [0.717, 1.165) is 29.6 Å². The highest BCUT2D eigenvalue weighted by atomic mass is 16.5. The Hall–Kier alpha value is -1.53. The van der Waals surface area contributed by atoms with Crippen LogP contribution in [0.1, 0.15) is 24.6 Å². The number of fused-ring (bicyclic) bond motifs is 1. The fraction of sp³-hybridized carbons (Fsp3) is 0.500. The lowest BCUT2D eigenvalue weighted by atomic mass is 10.1. The number of aromatic amines is 1. The molecule has 16 heavy (non-hydrogen) atoms. The molecule has 0 bridgehead atoms. The van der Waals surface area contributed by atoms with Gasteiger partial charge in [0, 0.05) is 0 Å². The fourth-order valence-electron chi connectivity index (χ4n) is 2.06. The van der Waals surface area contributed by atoms with E-state index in [1.165, 1.54) is 6.33 Å². The monoisotopic (exact) mass is 220 g/mol. The maximum absolute atomic E-state index is 9.02. The highest BCUT2D eigenvalue weighted by Crippen LogP contribution is 2.33. The molecule has 1 aliphatic rings. The minimum atomic E-state index is -0.0646. The predicted molar refractivity (Wildman–Crippen MR) is 55.6 cm³/mol. The first kappa shape index (κ1) is 9.68. The quantitative estimate of drug-likeness (QED) is 0.772. The molecule has 1 aliphatic heterocycles. The van der Waals surface area contributed by atoms with Gasteiger partial charge in [0.05, 0.1) is 24.6 Å². The molecule has 2 unspecified atom stereocenters. The van der Waals surface area contributed by atoms with Crippen LogP contribution in [0, 0.1) is 0 Å². The second-order valence-electron chi connectivity index (χ2n) is 3.90. The van der Waals surface area contributed by atoms with E-state index in [1.54, 1.807) is 6.20 Å². The van der Waals surface area contributed by atoms with Crippen molar-refractivity contribution in [2.45, 2.75) is 25.0 Å². The Morgan fingerprint density at radius 1 is 1.50 bits per heavy atom. The van der Waals surface area contributed by atoms with Crippen molar-refractivity contribution in [2.24, 2.45) is 0 Å². The molecule has 84 valence electrons. The van der Waals surface area contributed by atoms with Gasteiger partial charge in [-0.15, -0.1) is 0 Å². The third-order valence-electron chi connectivity index (χ3n) is 2.88. The van der Waals surface area contributed by atoms with Gasteiger partial charge in [-0.3, -0.25) is 5.10 Å². The molecule has 2 N–H and O–H groups in total. The van der Waals surface area contributed by atoms with Crippen LogP contribution in [0.3, 0.4) is 0 Å². The number of hydrogen-bond donors (Lipinski definition) is 2. The summed E-state index contributed by atoms with van der Waals surface area (Å²) in [6.07, 6.45) is 4.81. The number of aromatic nitrogens is 4. The second-order valence-corrected chi connectivity index (χ2v) is 3.90. The summed E-state index contributed by atoms with van der Waals surface area (Å²) >= 11 is 0. The third kappa shape index (κ3) is 1.46. The zero-order chi connectivity index (χ0) is 11.0. The van der Waals surface area contributed by atoms with E-state index >= 15 is 0 Å². The molecule has 2 aromatic heterocycles. The van der Waals surface area contributed by atoms with Crippen LogP contribution in [0.25, 0.3) is 11.0 Å². The van der Waals surface area contributed by atoms with Crippen molar-refractivity contribution < 1.29 is 9.84 Å². The molecule has 3 heterocycles. The number of ether oxygens (including phenoxy) is 1. The van der Waals surface area contributed by atoms with Crippen LogP contribution in [0.2, 0.25) is 0 Å². The van der Waals surface area contributed by atoms with Crippen LogP contribution in [0.5, 0.6) is 0 Å². The number of aliphatic hydroxyl groups excluding tert-OH is 1. The van der Waals surface area contributed by atoms with Gasteiger partial charge in [0.25, 0.3) is 0 Å². The first-order chi connectivity index (χ1) is 7.88. The van der Waals surface area contributed by atoms with Crippen molar-refractivity contribution in [1.29, 1.82) is 0 Å². The Morgan fingerprint density at radius 2 is 2.44 bits per heavy atom. The van der Waals surface area contributed by atoms with Crippen LogP contribution in [0.4, 0.5) is 0 Å². The van der Waals surface area contributed by atoms with Gasteiger partial charge in [0.1, 0.15) is 23.5 Å². The van der Waals surface area contributed by atoms with Crippen LogP contribution >= 0.6 is 0 Å². The smallest absolute Gasteiger partial charge is 0.129 e. The van der Waals surface area contributed by atoms with Crippen molar-refractivity contribution in [3.05, 3.63) is 18.2 Å². The number of nitrogens with one attached hydrogen (secondary N) is 1. The molecule has 0 aliphatic carbocycles. The van der Waals surface area contributed by atoms with Gasteiger partial charge in [-0.25, -0.2) is 9.97 Å². The standard InChI is InChI=1S/C10H12N4O2/c15-4-6-1-2-8(16-6)10-9-7(13-14-10)3-11-5-12-9/h3,5-6,8,15H,1-2,4H2,(H,13,14). The molecule has 6 nitrogen and oxygen atoms in total. The molecule has 0 radical (unpaired) electrons. The van der Waals surface area contributed by atoms with Gasteiger partial charge in [-0.1, -0.05) is 0 Å². The average Bonchev–Trinajstić information content (AvgIpc) is 2.94. The number of hydrogen-bond acceptors (Lipinski definition) is 5. The van der Waals surface area contributed by atoms with Crippen LogP contribution in [-0.2, 0) is 4.74 Å². The van der Waals surface area contributed by atoms with Gasteiger partial charge in [0.15, 0.2) is 0 Å². The Labute approximate surface area is 91.7 Å². The summed E-state index contributed by atoms with van der Waals surface area (Å²) in [5.74, 6) is 0. The topological polar surface area (TPSA) is 83.9 Å². The van der Waals surface area contributed by atoms with Crippen molar-refractivity contribution in [3.63, 3.8) is 0 Å². The summed E-state index contributed by atoms with van der Waals surface area (Å²) < 4.78 is 5.68. The first-order valence-corrected chi connectivity index (χ1v) is 5.29. The van der Waals surface area contributed by atoms with Crippen LogP contribution in [-0.4, -0.2) is 38.0 Å². The minimum absolute atomic E-state index is 0.0444. The number of aliphatic hydroxyl groups is 1. The zero-order valence-corrected chi connectivity index (χ0v) is 8.63. The Morgan fingerprint density at radius 3 is 3.25 bits per heavy atom. The highest BCUT2D eigenvalue weighted by molar-refractivity contribution is 5.75. The van der Waals surface area contributed by atoms with Crippen LogP contribution < -0.4 is 0 Å². The predicted octanol–water partition coefficient (Wildman–Crippen LogP) is 0.565. The Balaban J connectivity index is 1.95. The summed E-state index contributed by atoms with van der Waals surface area (Å²) in [5.41, 5.74) is 2.43. The highest BCUT2D eigenvalue weighted by Gasteiger charge is 2.28. The zero-order valence-electron chi connectivity index (χ0n) is 8.63. The van der Waals surface area contributed by atoms with E-state index in [9.17, 15) is 0 Å². The maximum atomic E-state index is 9.02. The summed E-state index contributed by atoms with van der Waals surface area (Å²) in [4.78, 5) is 8.10. The Bertz CT molecular complexity index is 498. The molecule has 3 rings (SSSR count). The molecule has 1 saturated heterocycles. The van der Waals surface area contributed by atoms with Crippen LogP contribution in [0.15, 0.2) is 12.5 Å². The van der Waals surface area contributed by atoms with E-state index in [4.69, 9.17) is 9.84 Å². The van der Waals surface area contributed by atoms with E-state index in [-0.39, 0.29) is 18.8 Å². The molecule has 0 saturated carbocycles. The Kier molecular flexibility index (Phi) is 2.30. The van der Waals surface area contributed by atoms with E-state index < -0.39 is 0 Å². The van der Waals surface area contributed by atoms with E-state index in [0.29, 0.717) is 0 Å². The van der Waals surface area contributed by atoms with E-state index in [1.807, 2.05) is 0 Å². The second kappa shape index (κ2) is 3.80. The van der Waals surface area contributed by atoms with Crippen molar-refractivity contribution in [2.75, 3.05) is 6.61 Å². The molecule has 6 heteroatoms. The summed E-state index contributed by atoms with van der Waals surface area (Å²) in [6.45, 7) is 0.0670. The molecule has 2 atom stereocenters. The SMILES string of the molecule is OCC1CCC(c2[nH]nc3cncnc23)O1. The molecule has 0 aromatic carbocycles. The summed E-state index contributed by atoms with van der Waals surface area (Å²) in [7, 11) is 0. The van der Waals surface area contributed by atoms with Crippen molar-refractivity contribution >= 4 is 11.0 Å². The summed E-state index contributed by atoms with van der Waals surface area (Å²) in [6, 6.07) is 0.